The molecular formula is C55H91NO10. The normalized spacial score (nSPS) is 21.0. The molecule has 0 radical (unpaired) electrons. The van der Waals surface area contributed by atoms with Crippen LogP contribution in [0.2, 0.25) is 0 Å². The highest BCUT2D eigenvalue weighted by Gasteiger charge is 2.47. The molecule has 1 amide bonds. The number of esters is 1. The van der Waals surface area contributed by atoms with Crippen LogP contribution in [-0.4, -0.2) is 99.6 Å². The standard InChI is InChI=1S/C55H91NO10/c1-4-7-10-13-16-19-22-24-27-30-33-36-39-42-48(59)54(63)56-46(47(58)41-38-35-32-29-26-21-18-15-12-9-6-3)45-64-55-53(52(62)51(61)49(44-57)65-55)66-50(60)43-40-37-34-31-28-25-23-20-17-14-11-8-5-2/h7-8,10-11,14,16-17,19-20,23-25,27-28,38,41,46-49,51-53,55,57-59,61-62H,4-6,9,12-13,15,18,21-22,26,29-37,39-40,42-45H2,1-3H3,(H,56,63)/b10-7+,11-8+,17-14+,19-16+,23-20-,27-24+,28-25-,41-38+. The maximum atomic E-state index is 13.3. The van der Waals surface area contributed by atoms with Crippen molar-refractivity contribution in [3.63, 3.8) is 0 Å². The average molecular weight is 926 g/mol. The molecule has 0 aliphatic carbocycles. The van der Waals surface area contributed by atoms with Gasteiger partial charge >= 0.3 is 5.97 Å². The number of hydrogen-bond acceptors (Lipinski definition) is 10. The van der Waals surface area contributed by atoms with Gasteiger partial charge in [0.1, 0.15) is 24.4 Å². The Hall–Kier alpha value is -3.42. The zero-order valence-electron chi connectivity index (χ0n) is 41.0. The largest absolute Gasteiger partial charge is 0.454 e. The van der Waals surface area contributed by atoms with E-state index in [1.807, 2.05) is 42.5 Å². The van der Waals surface area contributed by atoms with Crippen molar-refractivity contribution in [3.8, 4) is 0 Å². The predicted octanol–water partition coefficient (Wildman–Crippen LogP) is 10.4. The lowest BCUT2D eigenvalue weighted by molar-refractivity contribution is -0.305. The molecule has 8 atom stereocenters. The molecule has 1 rings (SSSR count). The van der Waals surface area contributed by atoms with Crippen molar-refractivity contribution in [2.24, 2.45) is 0 Å². The molecule has 1 heterocycles. The summed E-state index contributed by atoms with van der Waals surface area (Å²) >= 11 is 0. The lowest BCUT2D eigenvalue weighted by atomic mass is 9.99. The summed E-state index contributed by atoms with van der Waals surface area (Å²) in [5, 5.41) is 56.5. The number of amides is 1. The number of aliphatic hydroxyl groups is 5. The summed E-state index contributed by atoms with van der Waals surface area (Å²) in [6, 6.07) is -1.05. The number of allylic oxidation sites excluding steroid dienone is 15. The van der Waals surface area contributed by atoms with Crippen molar-refractivity contribution in [3.05, 3.63) is 97.2 Å². The van der Waals surface area contributed by atoms with Crippen LogP contribution in [0.25, 0.3) is 0 Å². The first kappa shape index (κ1) is 60.6. The highest BCUT2D eigenvalue weighted by atomic mass is 16.7. The lowest BCUT2D eigenvalue weighted by Crippen LogP contribution is -2.61. The first-order chi connectivity index (χ1) is 32.2. The van der Waals surface area contributed by atoms with Gasteiger partial charge in [0.2, 0.25) is 5.91 Å². The van der Waals surface area contributed by atoms with Crippen molar-refractivity contribution >= 4 is 11.9 Å². The minimum absolute atomic E-state index is 0.0694. The van der Waals surface area contributed by atoms with E-state index in [2.05, 4.69) is 74.7 Å². The van der Waals surface area contributed by atoms with E-state index in [0.717, 1.165) is 89.9 Å². The Morgan fingerprint density at radius 3 is 1.82 bits per heavy atom. The molecule has 11 nitrogen and oxygen atoms in total. The van der Waals surface area contributed by atoms with Crippen LogP contribution in [0.3, 0.4) is 0 Å². The van der Waals surface area contributed by atoms with Crippen LogP contribution in [0.5, 0.6) is 0 Å². The molecule has 1 aliphatic heterocycles. The number of hydrogen-bond donors (Lipinski definition) is 6. The average Bonchev–Trinajstić information content (AvgIpc) is 3.31. The third kappa shape index (κ3) is 31.5. The predicted molar refractivity (Wildman–Crippen MR) is 268 cm³/mol. The zero-order valence-corrected chi connectivity index (χ0v) is 41.0. The van der Waals surface area contributed by atoms with Crippen molar-refractivity contribution in [1.29, 1.82) is 0 Å². The molecule has 66 heavy (non-hydrogen) atoms. The Kier molecular flexibility index (Phi) is 39.4. The fourth-order valence-corrected chi connectivity index (χ4v) is 7.26. The van der Waals surface area contributed by atoms with Gasteiger partial charge in [0.05, 0.1) is 25.4 Å². The maximum absolute atomic E-state index is 13.3. The smallest absolute Gasteiger partial charge is 0.306 e. The van der Waals surface area contributed by atoms with E-state index in [4.69, 9.17) is 14.2 Å². The minimum atomic E-state index is -1.64. The van der Waals surface area contributed by atoms with Crippen molar-refractivity contribution in [2.45, 2.75) is 224 Å². The maximum Gasteiger partial charge on any atom is 0.306 e. The summed E-state index contributed by atoms with van der Waals surface area (Å²) in [5.41, 5.74) is 0. The number of carbonyl (C=O) groups excluding carboxylic acids is 2. The Morgan fingerprint density at radius 1 is 0.621 bits per heavy atom. The number of rotatable bonds is 40. The van der Waals surface area contributed by atoms with Crippen LogP contribution in [-0.2, 0) is 23.8 Å². The number of nitrogens with one attached hydrogen (secondary N) is 1. The van der Waals surface area contributed by atoms with Gasteiger partial charge in [-0.25, -0.2) is 0 Å². The van der Waals surface area contributed by atoms with Gasteiger partial charge in [0, 0.05) is 6.42 Å². The first-order valence-electron chi connectivity index (χ1n) is 25.6. The number of unbranched alkanes of at least 4 members (excludes halogenated alkanes) is 15. The molecule has 1 aliphatic rings. The second kappa shape index (κ2) is 42.9. The molecule has 1 saturated heterocycles. The Balaban J connectivity index is 2.84. The molecule has 6 N–H and O–H groups in total. The molecule has 0 saturated carbocycles. The van der Waals surface area contributed by atoms with Crippen molar-refractivity contribution in [1.82, 2.24) is 5.32 Å². The van der Waals surface area contributed by atoms with E-state index in [1.54, 1.807) is 6.08 Å². The van der Waals surface area contributed by atoms with Gasteiger partial charge in [-0.05, 0) is 77.0 Å². The summed E-state index contributed by atoms with van der Waals surface area (Å²) in [7, 11) is 0. The van der Waals surface area contributed by atoms with Gasteiger partial charge in [-0.3, -0.25) is 9.59 Å². The van der Waals surface area contributed by atoms with Crippen LogP contribution in [0.15, 0.2) is 97.2 Å². The fraction of sp³-hybridized carbons (Fsp3) is 0.673. The van der Waals surface area contributed by atoms with E-state index >= 15 is 0 Å². The van der Waals surface area contributed by atoms with Crippen LogP contribution in [0.4, 0.5) is 0 Å². The zero-order chi connectivity index (χ0) is 48.3. The SMILES string of the molecule is CC/C=C/C=C/C=C\C=C/CCCCCC(=O)OC1C(OCC(NC(=O)C(O)CCCCC/C=C/C/C=C/C/C=C/CC)C(O)/C=C/CCCCCCCCCCC)OC(CO)C(O)C1O. The van der Waals surface area contributed by atoms with Crippen LogP contribution >= 0.6 is 0 Å². The number of ether oxygens (including phenoxy) is 3. The quantitative estimate of drug-likeness (QED) is 0.0150. The van der Waals surface area contributed by atoms with E-state index < -0.39 is 67.4 Å². The summed E-state index contributed by atoms with van der Waals surface area (Å²) in [6.45, 7) is 5.43. The second-order valence-electron chi connectivity index (χ2n) is 17.2. The molecule has 11 heteroatoms. The molecule has 0 aromatic carbocycles. The molecule has 8 unspecified atom stereocenters. The summed E-state index contributed by atoms with van der Waals surface area (Å²) in [6.07, 6.45) is 44.7. The lowest BCUT2D eigenvalue weighted by Gasteiger charge is -2.41. The highest BCUT2D eigenvalue weighted by molar-refractivity contribution is 5.80. The molecule has 0 spiro atoms. The monoisotopic (exact) mass is 926 g/mol. The van der Waals surface area contributed by atoms with E-state index in [1.165, 1.54) is 38.5 Å². The summed E-state index contributed by atoms with van der Waals surface area (Å²) in [4.78, 5) is 26.3. The topological polar surface area (TPSA) is 175 Å². The Labute approximate surface area is 399 Å². The van der Waals surface area contributed by atoms with Crippen molar-refractivity contribution in [2.75, 3.05) is 13.2 Å². The van der Waals surface area contributed by atoms with E-state index in [9.17, 15) is 35.1 Å². The van der Waals surface area contributed by atoms with Crippen LogP contribution < -0.4 is 5.32 Å². The third-order valence-corrected chi connectivity index (χ3v) is 11.3. The van der Waals surface area contributed by atoms with E-state index in [-0.39, 0.29) is 19.4 Å². The molecular weight excluding hydrogens is 835 g/mol. The van der Waals surface area contributed by atoms with E-state index in [0.29, 0.717) is 12.8 Å². The number of aliphatic hydroxyl groups excluding tert-OH is 5. The van der Waals surface area contributed by atoms with Gasteiger partial charge < -0.3 is 45.1 Å². The fourth-order valence-electron chi connectivity index (χ4n) is 7.26. The Bertz CT molecular complexity index is 1430. The van der Waals surface area contributed by atoms with Gasteiger partial charge in [-0.15, -0.1) is 0 Å². The summed E-state index contributed by atoms with van der Waals surface area (Å²) in [5.74, 6) is -1.27. The third-order valence-electron chi connectivity index (χ3n) is 11.3. The first-order valence-corrected chi connectivity index (χ1v) is 25.6. The molecule has 0 bridgehead atoms. The molecule has 0 aromatic rings. The van der Waals surface area contributed by atoms with Gasteiger partial charge in [-0.2, -0.15) is 0 Å². The summed E-state index contributed by atoms with van der Waals surface area (Å²) < 4.78 is 17.4. The molecule has 376 valence electrons. The molecule has 0 aromatic heterocycles. The van der Waals surface area contributed by atoms with Gasteiger partial charge in [0.25, 0.3) is 0 Å². The van der Waals surface area contributed by atoms with Gasteiger partial charge in [0.15, 0.2) is 12.4 Å². The van der Waals surface area contributed by atoms with Gasteiger partial charge in [-0.1, -0.05) is 189 Å². The highest BCUT2D eigenvalue weighted by Crippen LogP contribution is 2.26. The van der Waals surface area contributed by atoms with Crippen LogP contribution in [0, 0.1) is 0 Å². The minimum Gasteiger partial charge on any atom is -0.454 e. The molecule has 1 fully saturated rings. The number of carbonyl (C=O) groups is 2. The van der Waals surface area contributed by atoms with Crippen molar-refractivity contribution < 1.29 is 49.3 Å². The van der Waals surface area contributed by atoms with Crippen LogP contribution in [0.1, 0.15) is 175 Å². The Morgan fingerprint density at radius 2 is 1.17 bits per heavy atom. The second-order valence-corrected chi connectivity index (χ2v) is 17.2.